The van der Waals surface area contributed by atoms with E-state index in [0.717, 1.165) is 22.2 Å². The van der Waals surface area contributed by atoms with Crippen molar-refractivity contribution in [2.24, 2.45) is 11.8 Å². The number of aryl methyl sites for hydroxylation is 1. The summed E-state index contributed by atoms with van der Waals surface area (Å²) in [5, 5.41) is 3.43. The SMILES string of the molecule is Cc1sc(CNC2CC2)cc1S(=O)(=O)NCC(C)C1CC1. The van der Waals surface area contributed by atoms with Crippen LogP contribution in [0.4, 0.5) is 0 Å². The van der Waals surface area contributed by atoms with Crippen LogP contribution in [0.3, 0.4) is 0 Å². The summed E-state index contributed by atoms with van der Waals surface area (Å²) >= 11 is 1.58. The third-order valence-electron chi connectivity index (χ3n) is 4.38. The summed E-state index contributed by atoms with van der Waals surface area (Å²) in [4.78, 5) is 2.45. The molecule has 118 valence electrons. The van der Waals surface area contributed by atoms with Gasteiger partial charge in [-0.15, -0.1) is 11.3 Å². The van der Waals surface area contributed by atoms with E-state index < -0.39 is 10.0 Å². The molecule has 3 rings (SSSR count). The van der Waals surface area contributed by atoms with Crippen LogP contribution in [0.15, 0.2) is 11.0 Å². The lowest BCUT2D eigenvalue weighted by atomic mass is 10.1. The molecule has 1 aromatic heterocycles. The van der Waals surface area contributed by atoms with Crippen molar-refractivity contribution in [2.45, 2.75) is 57.0 Å². The van der Waals surface area contributed by atoms with E-state index in [2.05, 4.69) is 17.0 Å². The van der Waals surface area contributed by atoms with Crippen LogP contribution < -0.4 is 10.0 Å². The lowest BCUT2D eigenvalue weighted by Gasteiger charge is -2.11. The molecule has 4 nitrogen and oxygen atoms in total. The van der Waals surface area contributed by atoms with E-state index in [1.165, 1.54) is 25.7 Å². The number of hydrogen-bond donors (Lipinski definition) is 2. The molecule has 0 amide bonds. The van der Waals surface area contributed by atoms with Crippen molar-refractivity contribution in [1.82, 2.24) is 10.0 Å². The van der Waals surface area contributed by atoms with E-state index in [1.807, 2.05) is 13.0 Å². The highest BCUT2D eigenvalue weighted by Crippen LogP contribution is 2.36. The molecule has 2 aliphatic rings. The molecule has 1 atom stereocenters. The van der Waals surface area contributed by atoms with Crippen molar-refractivity contribution < 1.29 is 8.42 Å². The Morgan fingerprint density at radius 1 is 1.33 bits per heavy atom. The summed E-state index contributed by atoms with van der Waals surface area (Å²) in [6, 6.07) is 2.48. The Labute approximate surface area is 131 Å². The first-order valence-electron chi connectivity index (χ1n) is 7.78. The smallest absolute Gasteiger partial charge is 0.241 e. The van der Waals surface area contributed by atoms with Gasteiger partial charge in [0.1, 0.15) is 0 Å². The van der Waals surface area contributed by atoms with Crippen molar-refractivity contribution in [2.75, 3.05) is 6.54 Å². The maximum absolute atomic E-state index is 12.4. The predicted molar refractivity (Wildman–Crippen MR) is 86.0 cm³/mol. The molecule has 0 radical (unpaired) electrons. The van der Waals surface area contributed by atoms with Gasteiger partial charge in [-0.25, -0.2) is 13.1 Å². The molecule has 2 N–H and O–H groups in total. The van der Waals surface area contributed by atoms with E-state index >= 15 is 0 Å². The fourth-order valence-electron chi connectivity index (χ4n) is 2.56. The Kier molecular flexibility index (Phi) is 4.41. The summed E-state index contributed by atoms with van der Waals surface area (Å²) in [5.74, 6) is 1.16. The fraction of sp³-hybridized carbons (Fsp3) is 0.733. The van der Waals surface area contributed by atoms with Crippen LogP contribution in [0.25, 0.3) is 0 Å². The van der Waals surface area contributed by atoms with Gasteiger partial charge in [-0.1, -0.05) is 6.92 Å². The van der Waals surface area contributed by atoms with Gasteiger partial charge in [0.25, 0.3) is 0 Å². The molecule has 0 aliphatic heterocycles. The van der Waals surface area contributed by atoms with Crippen LogP contribution in [0.2, 0.25) is 0 Å². The molecular formula is C15H24N2O2S2. The Morgan fingerprint density at radius 2 is 2.05 bits per heavy atom. The van der Waals surface area contributed by atoms with Gasteiger partial charge in [0.15, 0.2) is 0 Å². The molecule has 2 fully saturated rings. The number of sulfonamides is 1. The Hall–Kier alpha value is -0.430. The van der Waals surface area contributed by atoms with Crippen molar-refractivity contribution >= 4 is 21.4 Å². The average molecular weight is 329 g/mol. The van der Waals surface area contributed by atoms with Gasteiger partial charge < -0.3 is 5.32 Å². The van der Waals surface area contributed by atoms with Crippen LogP contribution in [-0.2, 0) is 16.6 Å². The first kappa shape index (κ1) is 15.5. The van der Waals surface area contributed by atoms with E-state index in [9.17, 15) is 8.42 Å². The summed E-state index contributed by atoms with van der Waals surface area (Å²) in [6.45, 7) is 5.36. The highest BCUT2D eigenvalue weighted by Gasteiger charge is 2.29. The minimum absolute atomic E-state index is 0.440. The molecule has 0 aromatic carbocycles. The first-order valence-corrected chi connectivity index (χ1v) is 10.1. The molecule has 6 heteroatoms. The Bertz CT molecular complexity index is 601. The third kappa shape index (κ3) is 4.06. The highest BCUT2D eigenvalue weighted by atomic mass is 32.2. The van der Waals surface area contributed by atoms with Gasteiger partial charge in [0, 0.05) is 28.9 Å². The quantitative estimate of drug-likeness (QED) is 0.771. The average Bonchev–Trinajstić information content (AvgIpc) is 3.32. The summed E-state index contributed by atoms with van der Waals surface area (Å²) in [6.07, 6.45) is 4.99. The van der Waals surface area contributed by atoms with Crippen molar-refractivity contribution in [3.63, 3.8) is 0 Å². The molecule has 1 aromatic rings. The molecular weight excluding hydrogens is 304 g/mol. The van der Waals surface area contributed by atoms with Gasteiger partial charge >= 0.3 is 0 Å². The van der Waals surface area contributed by atoms with Crippen LogP contribution in [0.1, 0.15) is 42.4 Å². The van der Waals surface area contributed by atoms with Gasteiger partial charge in [0.05, 0.1) is 4.90 Å². The zero-order valence-electron chi connectivity index (χ0n) is 12.7. The zero-order valence-corrected chi connectivity index (χ0v) is 14.3. The van der Waals surface area contributed by atoms with Crippen molar-refractivity contribution in [3.05, 3.63) is 15.8 Å². The minimum atomic E-state index is -3.36. The molecule has 2 aliphatic carbocycles. The van der Waals surface area contributed by atoms with E-state index in [4.69, 9.17) is 0 Å². The highest BCUT2D eigenvalue weighted by molar-refractivity contribution is 7.89. The second kappa shape index (κ2) is 5.99. The Morgan fingerprint density at radius 3 is 2.67 bits per heavy atom. The second-order valence-electron chi connectivity index (χ2n) is 6.45. The molecule has 0 spiro atoms. The fourth-order valence-corrected chi connectivity index (χ4v) is 5.29. The second-order valence-corrected chi connectivity index (χ2v) is 9.53. The van der Waals surface area contributed by atoms with Gasteiger partial charge in [-0.2, -0.15) is 0 Å². The minimum Gasteiger partial charge on any atom is -0.309 e. The lowest BCUT2D eigenvalue weighted by Crippen LogP contribution is -2.29. The van der Waals surface area contributed by atoms with Gasteiger partial charge in [-0.3, -0.25) is 0 Å². The Balaban J connectivity index is 1.62. The first-order chi connectivity index (χ1) is 9.95. The number of thiophene rings is 1. The molecule has 21 heavy (non-hydrogen) atoms. The summed E-state index contributed by atoms with van der Waals surface area (Å²) < 4.78 is 27.7. The summed E-state index contributed by atoms with van der Waals surface area (Å²) in [7, 11) is -3.36. The topological polar surface area (TPSA) is 58.2 Å². The molecule has 0 saturated heterocycles. The van der Waals surface area contributed by atoms with E-state index in [1.54, 1.807) is 11.3 Å². The monoisotopic (exact) mass is 328 g/mol. The lowest BCUT2D eigenvalue weighted by molar-refractivity contribution is 0.492. The van der Waals surface area contributed by atoms with Gasteiger partial charge in [-0.05, 0) is 50.5 Å². The van der Waals surface area contributed by atoms with Crippen molar-refractivity contribution in [1.29, 1.82) is 0 Å². The molecule has 1 unspecified atom stereocenters. The van der Waals surface area contributed by atoms with Gasteiger partial charge in [0.2, 0.25) is 10.0 Å². The van der Waals surface area contributed by atoms with Crippen LogP contribution >= 0.6 is 11.3 Å². The standard InChI is InChI=1S/C15H24N2O2S2/c1-10(12-3-4-12)8-17-21(18,19)15-7-14(20-11(15)2)9-16-13-5-6-13/h7,10,12-13,16-17H,3-6,8-9H2,1-2H3. The maximum Gasteiger partial charge on any atom is 0.241 e. The number of rotatable bonds is 8. The van der Waals surface area contributed by atoms with Crippen LogP contribution in [-0.4, -0.2) is 21.0 Å². The molecule has 1 heterocycles. The third-order valence-corrected chi connectivity index (χ3v) is 7.11. The normalized spacial score (nSPS) is 20.7. The number of nitrogens with one attached hydrogen (secondary N) is 2. The molecule has 2 saturated carbocycles. The predicted octanol–water partition coefficient (Wildman–Crippen LogP) is 2.63. The van der Waals surface area contributed by atoms with E-state index in [0.29, 0.717) is 23.4 Å². The molecule has 0 bridgehead atoms. The van der Waals surface area contributed by atoms with Crippen LogP contribution in [0, 0.1) is 18.8 Å². The largest absolute Gasteiger partial charge is 0.309 e. The zero-order chi connectivity index (χ0) is 15.0. The summed E-state index contributed by atoms with van der Waals surface area (Å²) in [5.41, 5.74) is 0. The van der Waals surface area contributed by atoms with E-state index in [-0.39, 0.29) is 0 Å². The van der Waals surface area contributed by atoms with Crippen molar-refractivity contribution in [3.8, 4) is 0 Å². The maximum atomic E-state index is 12.4. The number of hydrogen-bond acceptors (Lipinski definition) is 4. The van der Waals surface area contributed by atoms with Crippen LogP contribution in [0.5, 0.6) is 0 Å².